The molecular weight excluding hydrogens is 447 g/mol. The lowest BCUT2D eigenvalue weighted by molar-refractivity contribution is 0.225. The summed E-state index contributed by atoms with van der Waals surface area (Å²) in [6, 6.07) is 0. The van der Waals surface area contributed by atoms with Crippen molar-refractivity contribution in [2.24, 2.45) is 0 Å². The second kappa shape index (κ2) is 8.38. The van der Waals surface area contributed by atoms with Crippen LogP contribution in [-0.4, -0.2) is 20.7 Å². The average molecular weight is 454 g/mol. The summed E-state index contributed by atoms with van der Waals surface area (Å²) in [7, 11) is -2.42. The second-order valence-electron chi connectivity index (χ2n) is 1.61. The first-order valence-corrected chi connectivity index (χ1v) is 8.17. The fraction of sp³-hybridized carbons (Fsp3) is 1.00. The molecule has 0 spiro atoms. The summed E-state index contributed by atoms with van der Waals surface area (Å²) < 4.78 is 20.9. The highest BCUT2D eigenvalue weighted by molar-refractivity contribution is 9.12. The Hall–Kier alpha value is 2.07. The standard InChI is InChI=1S/C4H7Br4O3P/c5-1-3(7)10-12(9)11-4(8)2-6/h3-4,12H,1-2H2. The van der Waals surface area contributed by atoms with E-state index in [1.165, 1.54) is 0 Å². The van der Waals surface area contributed by atoms with E-state index in [4.69, 9.17) is 9.05 Å². The second-order valence-corrected chi connectivity index (χ2v) is 5.92. The minimum absolute atomic E-state index is 0.279. The predicted molar refractivity (Wildman–Crippen MR) is 64.2 cm³/mol. The minimum atomic E-state index is -2.42. The highest BCUT2D eigenvalue weighted by atomic mass is 79.9. The molecule has 0 bridgehead atoms. The fourth-order valence-corrected chi connectivity index (χ4v) is 2.61. The van der Waals surface area contributed by atoms with Crippen molar-refractivity contribution in [1.82, 2.24) is 0 Å². The maximum Gasteiger partial charge on any atom is 0.321 e. The third-order valence-corrected chi connectivity index (χ3v) is 6.27. The Bertz CT molecular complexity index is 132. The molecule has 0 radical (unpaired) electrons. The van der Waals surface area contributed by atoms with Gasteiger partial charge in [-0.1, -0.05) is 63.7 Å². The van der Waals surface area contributed by atoms with Gasteiger partial charge in [0.2, 0.25) is 0 Å². The van der Waals surface area contributed by atoms with Crippen LogP contribution >= 0.6 is 72.0 Å². The topological polar surface area (TPSA) is 35.5 Å². The van der Waals surface area contributed by atoms with Crippen molar-refractivity contribution in [3.63, 3.8) is 0 Å². The summed E-state index contributed by atoms with van der Waals surface area (Å²) in [6.45, 7) is 0. The van der Waals surface area contributed by atoms with Crippen LogP contribution in [0.5, 0.6) is 0 Å². The van der Waals surface area contributed by atoms with E-state index < -0.39 is 8.25 Å². The van der Waals surface area contributed by atoms with Crippen LogP contribution in [0.25, 0.3) is 0 Å². The van der Waals surface area contributed by atoms with Crippen molar-refractivity contribution in [3.05, 3.63) is 0 Å². The van der Waals surface area contributed by atoms with Gasteiger partial charge in [-0.2, -0.15) is 0 Å². The molecule has 12 heavy (non-hydrogen) atoms. The summed E-state index contributed by atoms with van der Waals surface area (Å²) in [6.07, 6.45) is 0. The number of hydrogen-bond acceptors (Lipinski definition) is 3. The Kier molecular flexibility index (Phi) is 9.83. The molecule has 0 N–H and O–H groups in total. The van der Waals surface area contributed by atoms with Gasteiger partial charge < -0.3 is 0 Å². The Labute approximate surface area is 105 Å². The van der Waals surface area contributed by atoms with E-state index in [-0.39, 0.29) is 10.0 Å². The highest BCUT2D eigenvalue weighted by Crippen LogP contribution is 2.32. The molecule has 2 atom stereocenters. The van der Waals surface area contributed by atoms with E-state index in [1.54, 1.807) is 0 Å². The van der Waals surface area contributed by atoms with Gasteiger partial charge >= 0.3 is 8.25 Å². The predicted octanol–water partition coefficient (Wildman–Crippen LogP) is 3.64. The zero-order valence-corrected chi connectivity index (χ0v) is 13.1. The molecule has 8 heteroatoms. The smallest absolute Gasteiger partial charge is 0.295 e. The maximum atomic E-state index is 11.0. The van der Waals surface area contributed by atoms with Crippen molar-refractivity contribution in [2.45, 2.75) is 10.0 Å². The maximum absolute atomic E-state index is 11.0. The monoisotopic (exact) mass is 450 g/mol. The van der Waals surface area contributed by atoms with E-state index in [0.717, 1.165) is 0 Å². The molecule has 3 nitrogen and oxygen atoms in total. The molecule has 0 saturated carbocycles. The molecule has 0 heterocycles. The molecule has 0 saturated heterocycles. The van der Waals surface area contributed by atoms with Crippen LogP contribution in [0.3, 0.4) is 0 Å². The minimum Gasteiger partial charge on any atom is -0.295 e. The molecule has 0 aromatic heterocycles. The lowest BCUT2D eigenvalue weighted by Crippen LogP contribution is -2.04. The van der Waals surface area contributed by atoms with Crippen LogP contribution in [0.15, 0.2) is 0 Å². The summed E-state index contributed by atoms with van der Waals surface area (Å²) in [4.78, 5) is 0. The summed E-state index contributed by atoms with van der Waals surface area (Å²) in [5.74, 6) is 0. The van der Waals surface area contributed by atoms with Crippen molar-refractivity contribution < 1.29 is 13.6 Å². The molecule has 0 rings (SSSR count). The lowest BCUT2D eigenvalue weighted by atomic mass is 10.9. The van der Waals surface area contributed by atoms with E-state index >= 15 is 0 Å². The quantitative estimate of drug-likeness (QED) is 0.455. The lowest BCUT2D eigenvalue weighted by Gasteiger charge is -2.10. The molecule has 74 valence electrons. The first kappa shape index (κ1) is 14.1. The molecule has 0 aliphatic carbocycles. The molecule has 0 aliphatic rings. The van der Waals surface area contributed by atoms with E-state index in [1.807, 2.05) is 0 Å². The Morgan fingerprint density at radius 2 is 1.42 bits per heavy atom. The number of hydrogen-bond donors (Lipinski definition) is 0. The van der Waals surface area contributed by atoms with Crippen LogP contribution in [0, 0.1) is 0 Å². The normalized spacial score (nSPS) is 18.7. The fourth-order valence-electron chi connectivity index (χ4n) is 0.300. The number of halogens is 4. The Morgan fingerprint density at radius 3 is 1.67 bits per heavy atom. The van der Waals surface area contributed by atoms with Gasteiger partial charge in [-0.15, -0.1) is 0 Å². The van der Waals surface area contributed by atoms with E-state index in [0.29, 0.717) is 10.7 Å². The molecule has 0 aromatic carbocycles. The number of alkyl halides is 4. The van der Waals surface area contributed by atoms with Gasteiger partial charge in [0.25, 0.3) is 0 Å². The van der Waals surface area contributed by atoms with Crippen molar-refractivity contribution in [2.75, 3.05) is 10.7 Å². The van der Waals surface area contributed by atoms with Crippen molar-refractivity contribution in [1.29, 1.82) is 0 Å². The highest BCUT2D eigenvalue weighted by Gasteiger charge is 2.11. The number of rotatable bonds is 6. The molecule has 0 fully saturated rings. The first-order chi connectivity index (χ1) is 5.60. The molecule has 2 unspecified atom stereocenters. The average Bonchev–Trinajstić information content (AvgIpc) is 2.03. The van der Waals surface area contributed by atoms with Gasteiger partial charge in [0.15, 0.2) is 0 Å². The molecule has 0 aromatic rings. The first-order valence-electron chi connectivity index (χ1n) is 2.87. The van der Waals surface area contributed by atoms with E-state index in [9.17, 15) is 4.57 Å². The van der Waals surface area contributed by atoms with Crippen molar-refractivity contribution >= 4 is 72.0 Å². The summed E-state index contributed by atoms with van der Waals surface area (Å²) in [5.41, 5.74) is 0. The van der Waals surface area contributed by atoms with E-state index in [2.05, 4.69) is 63.7 Å². The largest absolute Gasteiger partial charge is 0.321 e. The summed E-state index contributed by atoms with van der Waals surface area (Å²) >= 11 is 12.6. The Morgan fingerprint density at radius 1 is 1.08 bits per heavy atom. The van der Waals surface area contributed by atoms with Crippen LogP contribution in [0.4, 0.5) is 0 Å². The third kappa shape index (κ3) is 7.47. The van der Waals surface area contributed by atoms with Gasteiger partial charge in [-0.25, -0.2) is 0 Å². The van der Waals surface area contributed by atoms with Gasteiger partial charge in [0.1, 0.15) is 10.0 Å². The zero-order valence-electron chi connectivity index (χ0n) is 5.81. The zero-order chi connectivity index (χ0) is 9.56. The van der Waals surface area contributed by atoms with Gasteiger partial charge in [0, 0.05) is 10.7 Å². The summed E-state index contributed by atoms with van der Waals surface area (Å²) in [5, 5.41) is 0.569. The molecule has 0 amide bonds. The SMILES string of the molecule is O=[PH](OC(Br)CBr)OC(Br)CBr. The van der Waals surface area contributed by atoms with Crippen LogP contribution in [0.2, 0.25) is 0 Å². The van der Waals surface area contributed by atoms with Gasteiger partial charge in [-0.3, -0.25) is 13.6 Å². The van der Waals surface area contributed by atoms with Gasteiger partial charge in [-0.05, 0) is 0 Å². The van der Waals surface area contributed by atoms with Crippen LogP contribution in [0.1, 0.15) is 0 Å². The molecule has 0 aliphatic heterocycles. The molecular formula is C4H7Br4O3P. The third-order valence-electron chi connectivity index (χ3n) is 0.691. The Balaban J connectivity index is 3.59. The van der Waals surface area contributed by atoms with Gasteiger partial charge in [0.05, 0.1) is 0 Å². The van der Waals surface area contributed by atoms with Crippen LogP contribution in [-0.2, 0) is 13.6 Å². The van der Waals surface area contributed by atoms with Crippen molar-refractivity contribution in [3.8, 4) is 0 Å². The van der Waals surface area contributed by atoms with Crippen LogP contribution < -0.4 is 0 Å².